The molecule has 0 heterocycles. The molecule has 0 amide bonds. The molecule has 9 N–H and O–H groups in total. The first-order valence-electron chi connectivity index (χ1n) is 6.84. The highest BCUT2D eigenvalue weighted by Crippen LogP contribution is 2.00. The average molecular weight is 309 g/mol. The predicted molar refractivity (Wildman–Crippen MR) is 67.3 cm³/mol. The molecule has 124 valence electrons. The number of quaternary nitrogens is 2. The maximum atomic E-state index is 11.5. The Balaban J connectivity index is 3.77. The summed E-state index contributed by atoms with van der Waals surface area (Å²) in [5, 5.41) is 48.5. The maximum absolute atomic E-state index is 11.5. The summed E-state index contributed by atoms with van der Waals surface area (Å²) in [5.41, 5.74) is 3.42. The van der Waals surface area contributed by atoms with Crippen molar-refractivity contribution in [1.29, 1.82) is 0 Å². The molecule has 4 atom stereocenters. The number of unbranched alkanes of at least 4 members (excludes halogenated alkanes) is 1. The number of aliphatic hydroxyl groups excluding tert-OH is 4. The lowest BCUT2D eigenvalue weighted by atomic mass is 10.0. The number of aliphatic hydroxyl groups is 4. The van der Waals surface area contributed by atoms with E-state index in [-0.39, 0.29) is 6.54 Å². The van der Waals surface area contributed by atoms with Crippen LogP contribution in [0.3, 0.4) is 0 Å². The smallest absolute Gasteiger partial charge is 0.217 e. The summed E-state index contributed by atoms with van der Waals surface area (Å²) in [5.74, 6) is -1.84. The van der Waals surface area contributed by atoms with Crippen molar-refractivity contribution in [3.8, 4) is 0 Å². The third-order valence-electron chi connectivity index (χ3n) is 3.12. The molecule has 9 nitrogen and oxygen atoms in total. The third-order valence-corrected chi connectivity index (χ3v) is 3.12. The van der Waals surface area contributed by atoms with Crippen LogP contribution < -0.4 is 16.2 Å². The van der Waals surface area contributed by atoms with Crippen molar-refractivity contribution in [2.24, 2.45) is 0 Å². The van der Waals surface area contributed by atoms with Crippen molar-refractivity contribution in [2.45, 2.75) is 43.6 Å². The monoisotopic (exact) mass is 309 g/mol. The summed E-state index contributed by atoms with van der Waals surface area (Å²) in [6.45, 7) is -0.276. The molecule has 0 radical (unpaired) electrons. The van der Waals surface area contributed by atoms with E-state index in [0.29, 0.717) is 25.8 Å². The molecule has 9 heteroatoms. The van der Waals surface area contributed by atoms with Crippen LogP contribution in [0, 0.1) is 0 Å². The maximum Gasteiger partial charge on any atom is 0.217 e. The molecule has 0 aliphatic carbocycles. The molecule has 0 fully saturated rings. The Labute approximate surface area is 122 Å². The number of hydrogen-bond donors (Lipinski definition) is 6. The Morgan fingerprint density at radius 2 is 1.81 bits per heavy atom. The van der Waals surface area contributed by atoms with Crippen LogP contribution in [-0.2, 0) is 9.59 Å². The first-order valence-corrected chi connectivity index (χ1v) is 6.84. The fourth-order valence-electron chi connectivity index (χ4n) is 1.67. The molecule has 0 saturated heterocycles. The van der Waals surface area contributed by atoms with Gasteiger partial charge in [0.1, 0.15) is 30.9 Å². The van der Waals surface area contributed by atoms with Crippen LogP contribution in [0.4, 0.5) is 0 Å². The van der Waals surface area contributed by atoms with Gasteiger partial charge in [-0.15, -0.1) is 0 Å². The number of carbonyl (C=O) groups excluding carboxylic acids is 2. The lowest BCUT2D eigenvalue weighted by molar-refractivity contribution is -0.644. The van der Waals surface area contributed by atoms with Crippen LogP contribution in [0.25, 0.3) is 0 Å². The van der Waals surface area contributed by atoms with Crippen molar-refractivity contribution >= 4 is 11.8 Å². The molecule has 0 aromatic heterocycles. The van der Waals surface area contributed by atoms with Crippen molar-refractivity contribution in [3.63, 3.8) is 0 Å². The van der Waals surface area contributed by atoms with Crippen molar-refractivity contribution in [2.75, 3.05) is 19.7 Å². The molecule has 0 aliphatic rings. The van der Waals surface area contributed by atoms with Gasteiger partial charge >= 0.3 is 0 Å². The van der Waals surface area contributed by atoms with Crippen LogP contribution in [0.2, 0.25) is 0 Å². The predicted octanol–water partition coefficient (Wildman–Crippen LogP) is -6.28. The minimum absolute atomic E-state index is 0.0787. The van der Waals surface area contributed by atoms with Crippen LogP contribution >= 0.6 is 0 Å². The summed E-state index contributed by atoms with van der Waals surface area (Å²) in [7, 11) is 0. The van der Waals surface area contributed by atoms with Gasteiger partial charge in [-0.25, -0.2) is 0 Å². The van der Waals surface area contributed by atoms with Gasteiger partial charge in [0.2, 0.25) is 5.78 Å². The molecule has 0 bridgehead atoms. The molecule has 0 saturated carbocycles. The fraction of sp³-hybridized carbons (Fsp3) is 0.833. The SMILES string of the molecule is [NH3+][C@@H](CCCC[NH2+]CC(=O)[C@@H](O)[C@H](O)[C@H](O)CO)C(=O)[O-]. The Bertz CT molecular complexity index is 327. The van der Waals surface area contributed by atoms with Gasteiger partial charge < -0.3 is 41.4 Å². The number of carbonyl (C=O) groups is 2. The van der Waals surface area contributed by atoms with E-state index in [1.54, 1.807) is 5.32 Å². The van der Waals surface area contributed by atoms with Crippen molar-refractivity contribution in [3.05, 3.63) is 0 Å². The van der Waals surface area contributed by atoms with E-state index in [0.717, 1.165) is 0 Å². The number of rotatable bonds is 12. The van der Waals surface area contributed by atoms with E-state index in [1.807, 2.05) is 0 Å². The van der Waals surface area contributed by atoms with Gasteiger partial charge in [0, 0.05) is 6.42 Å². The third kappa shape index (κ3) is 8.05. The second-order valence-corrected chi connectivity index (χ2v) is 4.94. The van der Waals surface area contributed by atoms with Crippen LogP contribution in [0.15, 0.2) is 0 Å². The van der Waals surface area contributed by atoms with E-state index < -0.39 is 42.7 Å². The zero-order chi connectivity index (χ0) is 16.4. The van der Waals surface area contributed by atoms with E-state index in [4.69, 9.17) is 10.2 Å². The molecule has 0 aromatic carbocycles. The first kappa shape index (κ1) is 19.9. The van der Waals surface area contributed by atoms with E-state index in [1.165, 1.54) is 0 Å². The minimum Gasteiger partial charge on any atom is -0.544 e. The van der Waals surface area contributed by atoms with Gasteiger partial charge in [0.05, 0.1) is 19.1 Å². The van der Waals surface area contributed by atoms with E-state index >= 15 is 0 Å². The first-order chi connectivity index (χ1) is 9.81. The van der Waals surface area contributed by atoms with Crippen LogP contribution in [0.5, 0.6) is 0 Å². The van der Waals surface area contributed by atoms with Gasteiger partial charge in [-0.1, -0.05) is 0 Å². The summed E-state index contributed by atoms with van der Waals surface area (Å²) in [6.07, 6.45) is -3.33. The average Bonchev–Trinajstić information content (AvgIpc) is 2.47. The standard InChI is InChI=1S/C12H24N2O7/c13-7(12(20)21)3-1-2-4-14-5-8(16)10(18)11(19)9(17)6-15/h7,9-11,14-15,17-19H,1-6,13H2,(H,20,21)/p+1/t7-,9+,10+,11+/m0/s1. The van der Waals surface area contributed by atoms with Gasteiger partial charge in [0.25, 0.3) is 0 Å². The second kappa shape index (κ2) is 10.6. The number of carboxylic acids is 1. The quantitative estimate of drug-likeness (QED) is 0.194. The normalized spacial score (nSPS) is 17.0. The zero-order valence-corrected chi connectivity index (χ0v) is 11.9. The highest BCUT2D eigenvalue weighted by Gasteiger charge is 2.30. The molecule has 21 heavy (non-hydrogen) atoms. The molecule has 0 spiro atoms. The lowest BCUT2D eigenvalue weighted by Gasteiger charge is -2.19. The molecular formula is C12H25N2O7+. The van der Waals surface area contributed by atoms with Gasteiger partial charge in [-0.05, 0) is 12.8 Å². The lowest BCUT2D eigenvalue weighted by Crippen LogP contribution is -2.86. The Morgan fingerprint density at radius 3 is 2.33 bits per heavy atom. The number of ketones is 1. The van der Waals surface area contributed by atoms with Crippen molar-refractivity contribution < 1.29 is 46.2 Å². The summed E-state index contributed by atoms with van der Waals surface area (Å²) >= 11 is 0. The van der Waals surface area contributed by atoms with Crippen LogP contribution in [-0.4, -0.2) is 76.2 Å². The Kier molecular flexibility index (Phi) is 10.0. The van der Waals surface area contributed by atoms with E-state index in [2.05, 4.69) is 5.73 Å². The molecule has 0 aromatic rings. The minimum atomic E-state index is -1.74. The Hall–Kier alpha value is -1.10. The molecule has 0 aliphatic heterocycles. The van der Waals surface area contributed by atoms with E-state index in [9.17, 15) is 24.9 Å². The second-order valence-electron chi connectivity index (χ2n) is 4.94. The van der Waals surface area contributed by atoms with Crippen LogP contribution in [0.1, 0.15) is 19.3 Å². The number of hydrogen-bond acceptors (Lipinski definition) is 7. The highest BCUT2D eigenvalue weighted by molar-refractivity contribution is 5.84. The number of Topliss-reactive ketones (excluding diaryl/α,β-unsaturated/α-hetero) is 1. The van der Waals surface area contributed by atoms with Gasteiger partial charge in [-0.2, -0.15) is 0 Å². The topological polar surface area (TPSA) is 182 Å². The largest absolute Gasteiger partial charge is 0.544 e. The Morgan fingerprint density at radius 1 is 1.19 bits per heavy atom. The van der Waals surface area contributed by atoms with Crippen molar-refractivity contribution in [1.82, 2.24) is 0 Å². The number of aliphatic carboxylic acids is 1. The summed E-state index contributed by atoms with van der Waals surface area (Å²) in [4.78, 5) is 21.9. The van der Waals surface area contributed by atoms with Gasteiger partial charge in [-0.3, -0.25) is 4.79 Å². The number of nitrogens with two attached hydrogens (primary N) is 1. The van der Waals surface area contributed by atoms with Gasteiger partial charge in [0.15, 0.2) is 0 Å². The zero-order valence-electron chi connectivity index (χ0n) is 11.9. The molecule has 0 rings (SSSR count). The summed E-state index contributed by atoms with van der Waals surface area (Å²) < 4.78 is 0. The molecule has 0 unspecified atom stereocenters. The summed E-state index contributed by atoms with van der Waals surface area (Å²) in [6, 6.07) is -0.747. The molecular weight excluding hydrogens is 284 g/mol. The highest BCUT2D eigenvalue weighted by atomic mass is 16.4. The number of carboxylic acid groups (broad SMARTS) is 1. The fourth-order valence-corrected chi connectivity index (χ4v) is 1.67.